The quantitative estimate of drug-likeness (QED) is 0.898. The van der Waals surface area contributed by atoms with E-state index in [0.717, 1.165) is 29.0 Å². The molecule has 2 heterocycles. The normalized spacial score (nSPS) is 28.4. The molecule has 2 fully saturated rings. The van der Waals surface area contributed by atoms with Crippen molar-refractivity contribution in [1.82, 2.24) is 4.90 Å². The molecule has 1 aromatic rings. The van der Waals surface area contributed by atoms with Crippen LogP contribution in [0.1, 0.15) is 38.2 Å². The molecule has 2 aliphatic heterocycles. The number of fused-ring (bicyclic) bond motifs is 2. The Kier molecular flexibility index (Phi) is 3.89. The van der Waals surface area contributed by atoms with Crippen molar-refractivity contribution >= 4 is 17.3 Å². The van der Waals surface area contributed by atoms with Gasteiger partial charge in [0.1, 0.15) is 0 Å². The van der Waals surface area contributed by atoms with Crippen LogP contribution in [-0.4, -0.2) is 36.0 Å². The van der Waals surface area contributed by atoms with Crippen molar-refractivity contribution in [3.8, 4) is 0 Å². The number of hydrogen-bond acceptors (Lipinski definition) is 3. The van der Waals surface area contributed by atoms with E-state index in [2.05, 4.69) is 34.7 Å². The summed E-state index contributed by atoms with van der Waals surface area (Å²) in [6, 6.07) is 8.26. The van der Waals surface area contributed by atoms with Gasteiger partial charge in [-0.25, -0.2) is 0 Å². The molecule has 2 saturated heterocycles. The zero-order valence-corrected chi connectivity index (χ0v) is 13.1. The van der Waals surface area contributed by atoms with Crippen LogP contribution in [0.3, 0.4) is 0 Å². The maximum atomic E-state index is 11.1. The molecule has 114 valence electrons. The lowest BCUT2D eigenvalue weighted by Gasteiger charge is -2.37. The SMILES string of the molecule is CC(=O)Nc1ccc(NC2CC3CCC(C2)N3C)cc1C. The Bertz CT molecular complexity index is 529. The molecule has 4 nitrogen and oxygen atoms in total. The lowest BCUT2D eigenvalue weighted by Crippen LogP contribution is -2.44. The third-order valence-electron chi connectivity index (χ3n) is 5.01. The molecule has 2 unspecified atom stereocenters. The highest BCUT2D eigenvalue weighted by molar-refractivity contribution is 5.89. The van der Waals surface area contributed by atoms with Crippen molar-refractivity contribution in [2.45, 2.75) is 57.7 Å². The maximum absolute atomic E-state index is 11.1. The first-order valence-corrected chi connectivity index (χ1v) is 7.89. The number of nitrogens with one attached hydrogen (secondary N) is 2. The second kappa shape index (κ2) is 5.68. The van der Waals surface area contributed by atoms with Crippen molar-refractivity contribution in [3.05, 3.63) is 23.8 Å². The second-order valence-electron chi connectivity index (χ2n) is 6.57. The highest BCUT2D eigenvalue weighted by Gasteiger charge is 2.38. The minimum Gasteiger partial charge on any atom is -0.382 e. The maximum Gasteiger partial charge on any atom is 0.221 e. The Balaban J connectivity index is 1.66. The molecule has 0 saturated carbocycles. The number of aryl methyl sites for hydroxylation is 1. The summed E-state index contributed by atoms with van der Waals surface area (Å²) in [5.41, 5.74) is 3.16. The van der Waals surface area contributed by atoms with Crippen LogP contribution in [0.15, 0.2) is 18.2 Å². The average molecular weight is 287 g/mol. The van der Waals surface area contributed by atoms with Crippen molar-refractivity contribution < 1.29 is 4.79 Å². The highest BCUT2D eigenvalue weighted by atomic mass is 16.1. The van der Waals surface area contributed by atoms with Crippen LogP contribution in [0.4, 0.5) is 11.4 Å². The number of carbonyl (C=O) groups is 1. The molecular weight excluding hydrogens is 262 g/mol. The van der Waals surface area contributed by atoms with Gasteiger partial charge in [-0.2, -0.15) is 0 Å². The summed E-state index contributed by atoms with van der Waals surface area (Å²) in [4.78, 5) is 13.7. The van der Waals surface area contributed by atoms with E-state index >= 15 is 0 Å². The molecule has 1 amide bonds. The lowest BCUT2D eigenvalue weighted by atomic mass is 9.97. The van der Waals surface area contributed by atoms with Gasteiger partial charge < -0.3 is 15.5 Å². The fraction of sp³-hybridized carbons (Fsp3) is 0.588. The van der Waals surface area contributed by atoms with Crippen molar-refractivity contribution in [2.75, 3.05) is 17.7 Å². The number of piperidine rings is 1. The Morgan fingerprint density at radius 1 is 1.24 bits per heavy atom. The van der Waals surface area contributed by atoms with Gasteiger partial charge >= 0.3 is 0 Å². The van der Waals surface area contributed by atoms with E-state index < -0.39 is 0 Å². The van der Waals surface area contributed by atoms with Crippen LogP contribution in [0.2, 0.25) is 0 Å². The molecule has 0 aromatic heterocycles. The molecule has 3 rings (SSSR count). The van der Waals surface area contributed by atoms with Gasteiger partial charge in [0.15, 0.2) is 0 Å². The molecule has 2 aliphatic rings. The summed E-state index contributed by atoms with van der Waals surface area (Å²) in [5.74, 6) is -0.0225. The zero-order valence-electron chi connectivity index (χ0n) is 13.1. The number of anilines is 2. The summed E-state index contributed by atoms with van der Waals surface area (Å²) in [6.07, 6.45) is 5.17. The second-order valence-corrected chi connectivity index (χ2v) is 6.57. The standard InChI is InChI=1S/C17H25N3O/c1-11-8-13(4-7-17(11)18-12(2)21)19-14-9-15-5-6-16(10-14)20(15)3/h4,7-8,14-16,19H,5-6,9-10H2,1-3H3,(H,18,21). The van der Waals surface area contributed by atoms with E-state index in [4.69, 9.17) is 0 Å². The number of benzene rings is 1. The number of rotatable bonds is 3. The van der Waals surface area contributed by atoms with Crippen LogP contribution < -0.4 is 10.6 Å². The molecule has 21 heavy (non-hydrogen) atoms. The van der Waals surface area contributed by atoms with Crippen LogP contribution in [0.5, 0.6) is 0 Å². The number of carbonyl (C=O) groups excluding carboxylic acids is 1. The van der Waals surface area contributed by atoms with Gasteiger partial charge in [-0.05, 0) is 63.4 Å². The molecule has 2 bridgehead atoms. The van der Waals surface area contributed by atoms with E-state index in [9.17, 15) is 4.79 Å². The van der Waals surface area contributed by atoms with Crippen molar-refractivity contribution in [3.63, 3.8) is 0 Å². The monoisotopic (exact) mass is 287 g/mol. The average Bonchev–Trinajstić information content (AvgIpc) is 2.64. The predicted octanol–water partition coefficient (Wildman–Crippen LogP) is 2.99. The summed E-state index contributed by atoms with van der Waals surface area (Å²) < 4.78 is 0. The molecular formula is C17H25N3O. The minimum absolute atomic E-state index is 0.0225. The summed E-state index contributed by atoms with van der Waals surface area (Å²) in [7, 11) is 2.27. The van der Waals surface area contributed by atoms with Gasteiger partial charge in [0.25, 0.3) is 0 Å². The van der Waals surface area contributed by atoms with Crippen LogP contribution >= 0.6 is 0 Å². The molecule has 0 radical (unpaired) electrons. The third-order valence-corrected chi connectivity index (χ3v) is 5.01. The van der Waals surface area contributed by atoms with Gasteiger partial charge in [0, 0.05) is 36.4 Å². The van der Waals surface area contributed by atoms with Gasteiger partial charge in [-0.1, -0.05) is 0 Å². The summed E-state index contributed by atoms with van der Waals surface area (Å²) in [6.45, 7) is 3.58. The molecule has 4 heteroatoms. The van der Waals surface area contributed by atoms with Crippen LogP contribution in [0, 0.1) is 6.92 Å². The fourth-order valence-electron chi connectivity index (χ4n) is 3.85. The Labute approximate surface area is 126 Å². The van der Waals surface area contributed by atoms with Gasteiger partial charge in [0.2, 0.25) is 5.91 Å². The van der Waals surface area contributed by atoms with Gasteiger partial charge in [-0.15, -0.1) is 0 Å². The molecule has 0 aliphatic carbocycles. The Hall–Kier alpha value is -1.55. The van der Waals surface area contributed by atoms with Crippen molar-refractivity contribution in [1.29, 1.82) is 0 Å². The first-order valence-electron chi connectivity index (χ1n) is 7.89. The number of amides is 1. The first kappa shape index (κ1) is 14.4. The minimum atomic E-state index is -0.0225. The van der Waals surface area contributed by atoms with Crippen LogP contribution in [0.25, 0.3) is 0 Å². The molecule has 1 aromatic carbocycles. The Morgan fingerprint density at radius 3 is 2.48 bits per heavy atom. The molecule has 0 spiro atoms. The molecule has 2 atom stereocenters. The first-order chi connectivity index (χ1) is 10.0. The summed E-state index contributed by atoms with van der Waals surface area (Å²) in [5, 5.41) is 6.54. The third kappa shape index (κ3) is 3.05. The predicted molar refractivity (Wildman–Crippen MR) is 86.7 cm³/mol. The zero-order chi connectivity index (χ0) is 15.0. The number of nitrogens with zero attached hydrogens (tertiary/aromatic N) is 1. The lowest BCUT2D eigenvalue weighted by molar-refractivity contribution is -0.114. The number of hydrogen-bond donors (Lipinski definition) is 2. The van der Waals surface area contributed by atoms with Crippen molar-refractivity contribution in [2.24, 2.45) is 0 Å². The van der Waals surface area contributed by atoms with E-state index in [0.29, 0.717) is 6.04 Å². The van der Waals surface area contributed by atoms with E-state index in [1.165, 1.54) is 25.7 Å². The van der Waals surface area contributed by atoms with E-state index in [1.807, 2.05) is 13.0 Å². The highest BCUT2D eigenvalue weighted by Crippen LogP contribution is 2.35. The fourth-order valence-corrected chi connectivity index (χ4v) is 3.85. The van der Waals surface area contributed by atoms with E-state index in [-0.39, 0.29) is 5.91 Å². The van der Waals surface area contributed by atoms with Gasteiger partial charge in [-0.3, -0.25) is 4.79 Å². The summed E-state index contributed by atoms with van der Waals surface area (Å²) >= 11 is 0. The topological polar surface area (TPSA) is 44.4 Å². The molecule has 2 N–H and O–H groups in total. The smallest absolute Gasteiger partial charge is 0.221 e. The van der Waals surface area contributed by atoms with Crippen LogP contribution in [-0.2, 0) is 4.79 Å². The van der Waals surface area contributed by atoms with E-state index in [1.54, 1.807) is 6.92 Å². The Morgan fingerprint density at radius 2 is 1.90 bits per heavy atom. The largest absolute Gasteiger partial charge is 0.382 e. The van der Waals surface area contributed by atoms with Gasteiger partial charge in [0.05, 0.1) is 0 Å².